The molecule has 2 unspecified atom stereocenters. The number of allylic oxidation sites excluding steroid dienone is 2. The van der Waals surface area contributed by atoms with E-state index in [1.54, 1.807) is 0 Å². The van der Waals surface area contributed by atoms with Crippen molar-refractivity contribution in [3.8, 4) is 0 Å². The Morgan fingerprint density at radius 3 is 2.71 bits per heavy atom. The molecule has 2 bridgehead atoms. The predicted molar refractivity (Wildman–Crippen MR) is 62.4 cm³/mol. The van der Waals surface area contributed by atoms with E-state index in [9.17, 15) is 0 Å². The molecule has 0 aliphatic heterocycles. The Hall–Kier alpha value is -0.863. The third-order valence-electron chi connectivity index (χ3n) is 3.09. The van der Waals surface area contributed by atoms with Crippen LogP contribution in [0, 0.1) is 5.92 Å². The quantitative estimate of drug-likeness (QED) is 0.505. The third-order valence-corrected chi connectivity index (χ3v) is 4.72. The van der Waals surface area contributed by atoms with Crippen molar-refractivity contribution in [1.82, 2.24) is 0 Å². The van der Waals surface area contributed by atoms with Gasteiger partial charge in [0.15, 0.2) is 0 Å². The molecular weight excluding hydrogens is 188 g/mol. The Balaban J connectivity index is 2.17. The SMILES string of the molecule is C=C[SiH](C=C)OC12C=CC(C=C1C)C2. The molecule has 1 nitrogen and oxygen atoms in total. The lowest BCUT2D eigenvalue weighted by atomic mass is 10.00. The van der Waals surface area contributed by atoms with E-state index in [2.05, 4.69) is 38.3 Å². The van der Waals surface area contributed by atoms with Crippen LogP contribution >= 0.6 is 0 Å². The molecule has 14 heavy (non-hydrogen) atoms. The molecular formula is C12H16OSi. The average Bonchev–Trinajstić information content (AvgIpc) is 2.71. The predicted octanol–water partition coefficient (Wildman–Crippen LogP) is 2.45. The number of fused-ring (bicyclic) bond motifs is 2. The van der Waals surface area contributed by atoms with E-state index >= 15 is 0 Å². The second kappa shape index (κ2) is 3.37. The van der Waals surface area contributed by atoms with Crippen LogP contribution in [0.3, 0.4) is 0 Å². The first-order valence-corrected chi connectivity index (χ1v) is 6.82. The molecule has 2 rings (SSSR count). The summed E-state index contributed by atoms with van der Waals surface area (Å²) in [6, 6.07) is 0. The van der Waals surface area contributed by atoms with Crippen LogP contribution in [0.5, 0.6) is 0 Å². The summed E-state index contributed by atoms with van der Waals surface area (Å²) in [6.07, 6.45) is 7.84. The summed E-state index contributed by atoms with van der Waals surface area (Å²) in [6.45, 7) is 9.75. The first-order valence-electron chi connectivity index (χ1n) is 5.01. The molecule has 74 valence electrons. The summed E-state index contributed by atoms with van der Waals surface area (Å²) in [4.78, 5) is 0. The number of rotatable bonds is 4. The second-order valence-corrected chi connectivity index (χ2v) is 6.13. The maximum absolute atomic E-state index is 6.15. The summed E-state index contributed by atoms with van der Waals surface area (Å²) in [5.74, 6) is 0.597. The highest BCUT2D eigenvalue weighted by Crippen LogP contribution is 2.44. The van der Waals surface area contributed by atoms with Crippen LogP contribution in [0.25, 0.3) is 0 Å². The molecule has 2 atom stereocenters. The second-order valence-electron chi connectivity index (χ2n) is 4.02. The minimum Gasteiger partial charge on any atom is -0.400 e. The molecule has 0 amide bonds. The zero-order valence-corrected chi connectivity index (χ0v) is 9.73. The van der Waals surface area contributed by atoms with E-state index in [0.717, 1.165) is 6.42 Å². The van der Waals surface area contributed by atoms with Gasteiger partial charge in [-0.2, -0.15) is 0 Å². The summed E-state index contributed by atoms with van der Waals surface area (Å²) in [7, 11) is -1.41. The Kier molecular flexibility index (Phi) is 2.33. The van der Waals surface area contributed by atoms with Crippen molar-refractivity contribution < 1.29 is 4.43 Å². The maximum Gasteiger partial charge on any atom is 0.226 e. The van der Waals surface area contributed by atoms with Crippen molar-refractivity contribution in [1.29, 1.82) is 0 Å². The Morgan fingerprint density at radius 1 is 1.57 bits per heavy atom. The monoisotopic (exact) mass is 204 g/mol. The molecule has 0 saturated heterocycles. The van der Waals surface area contributed by atoms with Gasteiger partial charge in [-0.3, -0.25) is 0 Å². The third kappa shape index (κ3) is 1.35. The van der Waals surface area contributed by atoms with E-state index in [1.807, 2.05) is 11.4 Å². The van der Waals surface area contributed by atoms with Gasteiger partial charge in [0, 0.05) is 0 Å². The molecule has 2 heteroatoms. The van der Waals surface area contributed by atoms with Crippen molar-refractivity contribution in [3.05, 3.63) is 48.4 Å². The van der Waals surface area contributed by atoms with Crippen LogP contribution in [0.4, 0.5) is 0 Å². The van der Waals surface area contributed by atoms with Gasteiger partial charge >= 0.3 is 0 Å². The minimum absolute atomic E-state index is 0.107. The van der Waals surface area contributed by atoms with Crippen LogP contribution < -0.4 is 0 Å². The summed E-state index contributed by atoms with van der Waals surface area (Å²) in [5, 5.41) is 0. The number of hydrogen-bond donors (Lipinski definition) is 0. The lowest BCUT2D eigenvalue weighted by molar-refractivity contribution is 0.168. The van der Waals surface area contributed by atoms with E-state index in [1.165, 1.54) is 5.57 Å². The summed E-state index contributed by atoms with van der Waals surface area (Å²) >= 11 is 0. The van der Waals surface area contributed by atoms with Crippen LogP contribution in [-0.4, -0.2) is 14.6 Å². The highest BCUT2D eigenvalue weighted by Gasteiger charge is 2.42. The molecule has 0 aromatic rings. The molecule has 2 aliphatic carbocycles. The lowest BCUT2D eigenvalue weighted by Crippen LogP contribution is -2.33. The summed E-state index contributed by atoms with van der Waals surface area (Å²) < 4.78 is 6.15. The van der Waals surface area contributed by atoms with E-state index in [4.69, 9.17) is 4.43 Å². The van der Waals surface area contributed by atoms with Gasteiger partial charge in [-0.1, -0.05) is 29.6 Å². The van der Waals surface area contributed by atoms with Gasteiger partial charge in [0.25, 0.3) is 0 Å². The van der Waals surface area contributed by atoms with E-state index in [-0.39, 0.29) is 5.60 Å². The molecule has 0 fully saturated rings. The minimum atomic E-state index is -1.41. The standard InChI is InChI=1S/C12H16OSi/c1-4-14(5-2)13-12-7-6-11(9-12)8-10(12)3/h4-8,11,14H,1-2,9H2,3H3. The molecule has 0 radical (unpaired) electrons. The van der Waals surface area contributed by atoms with Gasteiger partial charge < -0.3 is 4.43 Å². The van der Waals surface area contributed by atoms with Crippen molar-refractivity contribution in [2.45, 2.75) is 18.9 Å². The van der Waals surface area contributed by atoms with Crippen molar-refractivity contribution in [3.63, 3.8) is 0 Å². The Morgan fingerprint density at radius 2 is 2.29 bits per heavy atom. The molecule has 0 aromatic heterocycles. The average molecular weight is 204 g/mol. The molecule has 2 aliphatic rings. The number of hydrogen-bond acceptors (Lipinski definition) is 1. The normalized spacial score (nSPS) is 33.6. The van der Waals surface area contributed by atoms with Gasteiger partial charge in [0.2, 0.25) is 9.04 Å². The van der Waals surface area contributed by atoms with Crippen molar-refractivity contribution in [2.24, 2.45) is 5.92 Å². The first-order chi connectivity index (χ1) is 6.70. The van der Waals surface area contributed by atoms with Crippen molar-refractivity contribution in [2.75, 3.05) is 0 Å². The van der Waals surface area contributed by atoms with Gasteiger partial charge in [-0.05, 0) is 24.8 Å². The van der Waals surface area contributed by atoms with E-state index < -0.39 is 9.04 Å². The topological polar surface area (TPSA) is 9.23 Å². The summed E-state index contributed by atoms with van der Waals surface area (Å²) in [5.41, 5.74) is 5.10. The van der Waals surface area contributed by atoms with Crippen molar-refractivity contribution >= 4 is 9.04 Å². The molecule has 0 saturated carbocycles. The zero-order valence-electron chi connectivity index (χ0n) is 8.57. The van der Waals surface area contributed by atoms with Gasteiger partial charge in [-0.25, -0.2) is 0 Å². The first kappa shape index (κ1) is 9.68. The molecule has 0 heterocycles. The van der Waals surface area contributed by atoms with Gasteiger partial charge in [0.05, 0.1) is 5.60 Å². The highest BCUT2D eigenvalue weighted by molar-refractivity contribution is 6.63. The molecule has 0 N–H and O–H groups in total. The van der Waals surface area contributed by atoms with Gasteiger partial charge in [-0.15, -0.1) is 13.2 Å². The van der Waals surface area contributed by atoms with Crippen LogP contribution in [0.15, 0.2) is 48.4 Å². The highest BCUT2D eigenvalue weighted by atomic mass is 28.3. The van der Waals surface area contributed by atoms with Crippen LogP contribution in [0.2, 0.25) is 0 Å². The van der Waals surface area contributed by atoms with Crippen LogP contribution in [0.1, 0.15) is 13.3 Å². The smallest absolute Gasteiger partial charge is 0.226 e. The van der Waals surface area contributed by atoms with Gasteiger partial charge in [0.1, 0.15) is 0 Å². The molecule has 0 aromatic carbocycles. The Bertz CT molecular complexity index is 321. The fourth-order valence-corrected chi connectivity index (χ4v) is 3.48. The fraction of sp³-hybridized carbons (Fsp3) is 0.333. The largest absolute Gasteiger partial charge is 0.400 e. The van der Waals surface area contributed by atoms with E-state index in [0.29, 0.717) is 5.92 Å². The lowest BCUT2D eigenvalue weighted by Gasteiger charge is -2.29. The fourth-order valence-electron chi connectivity index (χ4n) is 2.25. The molecule has 0 spiro atoms. The van der Waals surface area contributed by atoms with Crippen LogP contribution in [-0.2, 0) is 4.43 Å². The zero-order chi connectivity index (χ0) is 10.2. The Labute approximate surface area is 87.2 Å². The maximum atomic E-state index is 6.15.